The molecule has 2 saturated carbocycles. The summed E-state index contributed by atoms with van der Waals surface area (Å²) in [6.45, 7) is 4.89. The van der Waals surface area contributed by atoms with E-state index in [4.69, 9.17) is 0 Å². The number of hydrogen-bond donors (Lipinski definition) is 0. The Kier molecular flexibility index (Phi) is 4.73. The summed E-state index contributed by atoms with van der Waals surface area (Å²) in [5.41, 5.74) is 0. The fraction of sp³-hybridized carbons (Fsp3) is 1.00. The molecule has 16 heavy (non-hydrogen) atoms. The maximum absolute atomic E-state index is 2.54. The van der Waals surface area contributed by atoms with Gasteiger partial charge in [0.25, 0.3) is 0 Å². The Morgan fingerprint density at radius 3 is 2.31 bits per heavy atom. The lowest BCUT2D eigenvalue weighted by atomic mass is 9.65. The average molecular weight is 222 g/mol. The van der Waals surface area contributed by atoms with Crippen molar-refractivity contribution in [3.63, 3.8) is 0 Å². The zero-order valence-corrected chi connectivity index (χ0v) is 11.4. The lowest BCUT2D eigenvalue weighted by Gasteiger charge is -2.40. The molecule has 0 N–H and O–H groups in total. The van der Waals surface area contributed by atoms with E-state index in [0.29, 0.717) is 0 Å². The molecule has 2 rings (SSSR count). The summed E-state index contributed by atoms with van der Waals surface area (Å²) in [6.07, 6.45) is 15.2. The Bertz CT molecular complexity index is 190. The molecule has 0 nitrogen and oxygen atoms in total. The molecule has 2 fully saturated rings. The molecule has 0 amide bonds. The smallest absolute Gasteiger partial charge is 0.0360 e. The van der Waals surface area contributed by atoms with Gasteiger partial charge < -0.3 is 0 Å². The molecule has 0 heteroatoms. The molecule has 0 aromatic heterocycles. The van der Waals surface area contributed by atoms with Crippen LogP contribution in [-0.4, -0.2) is 0 Å². The molecule has 0 aromatic carbocycles. The van der Waals surface area contributed by atoms with E-state index in [1.165, 1.54) is 38.5 Å². The quantitative estimate of drug-likeness (QED) is 0.598. The molecule has 0 aromatic rings. The van der Waals surface area contributed by atoms with E-state index < -0.39 is 0 Å². The Balaban J connectivity index is 1.83. The van der Waals surface area contributed by atoms with Crippen molar-refractivity contribution < 1.29 is 0 Å². The van der Waals surface area contributed by atoms with Gasteiger partial charge in [-0.3, -0.25) is 0 Å². The van der Waals surface area contributed by atoms with Crippen molar-refractivity contribution in [1.82, 2.24) is 0 Å². The van der Waals surface area contributed by atoms with Gasteiger partial charge in [-0.1, -0.05) is 65.2 Å². The fourth-order valence-corrected chi connectivity index (χ4v) is 4.46. The van der Waals surface area contributed by atoms with Crippen molar-refractivity contribution >= 4 is 0 Å². The lowest BCUT2D eigenvalue weighted by Crippen LogP contribution is -2.30. The highest BCUT2D eigenvalue weighted by Gasteiger charge is 2.32. The topological polar surface area (TPSA) is 0 Å². The van der Waals surface area contributed by atoms with Gasteiger partial charge >= 0.3 is 0 Å². The van der Waals surface area contributed by atoms with Crippen LogP contribution in [0.2, 0.25) is 0 Å². The van der Waals surface area contributed by atoms with Crippen molar-refractivity contribution in [2.24, 2.45) is 23.7 Å². The summed E-state index contributed by atoms with van der Waals surface area (Å²) in [6, 6.07) is 0. The van der Waals surface area contributed by atoms with Crippen LogP contribution < -0.4 is 0 Å². The van der Waals surface area contributed by atoms with Crippen LogP contribution >= 0.6 is 0 Å². The minimum atomic E-state index is 1.02. The monoisotopic (exact) mass is 222 g/mol. The molecule has 94 valence electrons. The maximum Gasteiger partial charge on any atom is -0.0360 e. The SMILES string of the molecule is CCCC1CC[C@@H](C2CCCCC2)[C@H](C)C1. The third-order valence-corrected chi connectivity index (χ3v) is 5.30. The van der Waals surface area contributed by atoms with Gasteiger partial charge in [0.15, 0.2) is 0 Å². The predicted octanol–water partition coefficient (Wildman–Crippen LogP) is 5.42. The van der Waals surface area contributed by atoms with Gasteiger partial charge in [0.1, 0.15) is 0 Å². The molecule has 1 unspecified atom stereocenters. The highest BCUT2D eigenvalue weighted by Crippen LogP contribution is 2.43. The zero-order chi connectivity index (χ0) is 11.4. The van der Waals surface area contributed by atoms with Crippen LogP contribution in [0.1, 0.15) is 78.1 Å². The van der Waals surface area contributed by atoms with Crippen LogP contribution in [0.3, 0.4) is 0 Å². The Morgan fingerprint density at radius 1 is 0.938 bits per heavy atom. The van der Waals surface area contributed by atoms with Gasteiger partial charge in [-0.15, -0.1) is 0 Å². The van der Waals surface area contributed by atoms with Crippen LogP contribution in [0.15, 0.2) is 0 Å². The first-order valence-electron chi connectivity index (χ1n) is 7.81. The Hall–Kier alpha value is 0. The Morgan fingerprint density at radius 2 is 1.69 bits per heavy atom. The molecular weight excluding hydrogens is 192 g/mol. The van der Waals surface area contributed by atoms with E-state index in [0.717, 1.165) is 23.7 Å². The van der Waals surface area contributed by atoms with Crippen LogP contribution in [0.25, 0.3) is 0 Å². The van der Waals surface area contributed by atoms with E-state index in [1.807, 2.05) is 0 Å². The van der Waals surface area contributed by atoms with Crippen molar-refractivity contribution in [1.29, 1.82) is 0 Å². The van der Waals surface area contributed by atoms with E-state index >= 15 is 0 Å². The van der Waals surface area contributed by atoms with Crippen LogP contribution in [-0.2, 0) is 0 Å². The molecule has 2 aliphatic rings. The normalized spacial score (nSPS) is 37.5. The molecule has 2 aliphatic carbocycles. The van der Waals surface area contributed by atoms with Crippen LogP contribution in [0.5, 0.6) is 0 Å². The van der Waals surface area contributed by atoms with Gasteiger partial charge in [0.2, 0.25) is 0 Å². The second-order valence-electron chi connectivity index (χ2n) is 6.51. The van der Waals surface area contributed by atoms with Gasteiger partial charge in [0.05, 0.1) is 0 Å². The largest absolute Gasteiger partial charge is 0.0654 e. The maximum atomic E-state index is 2.54. The Labute approximate surface area is 102 Å². The molecular formula is C16H30. The van der Waals surface area contributed by atoms with Crippen LogP contribution in [0.4, 0.5) is 0 Å². The summed E-state index contributed by atoms with van der Waals surface area (Å²) in [5, 5.41) is 0. The van der Waals surface area contributed by atoms with E-state index in [2.05, 4.69) is 13.8 Å². The molecule has 0 spiro atoms. The fourth-order valence-electron chi connectivity index (χ4n) is 4.46. The average Bonchev–Trinajstić information content (AvgIpc) is 2.31. The lowest BCUT2D eigenvalue weighted by molar-refractivity contribution is 0.106. The van der Waals surface area contributed by atoms with Crippen LogP contribution in [0, 0.1) is 23.7 Å². The highest BCUT2D eigenvalue weighted by atomic mass is 14.4. The minimum Gasteiger partial charge on any atom is -0.0654 e. The van der Waals surface area contributed by atoms with Crippen molar-refractivity contribution in [3.8, 4) is 0 Å². The predicted molar refractivity (Wildman–Crippen MR) is 71.5 cm³/mol. The third kappa shape index (κ3) is 3.02. The van der Waals surface area contributed by atoms with Gasteiger partial charge in [-0.25, -0.2) is 0 Å². The standard InChI is InChI=1S/C16H30/c1-3-7-14-10-11-16(13(2)12-14)15-8-5-4-6-9-15/h13-16H,3-12H2,1-2H3/t13-,14?,16-/m1/s1. The summed E-state index contributed by atoms with van der Waals surface area (Å²) >= 11 is 0. The minimum absolute atomic E-state index is 1.02. The van der Waals surface area contributed by atoms with E-state index in [9.17, 15) is 0 Å². The van der Waals surface area contributed by atoms with Crippen molar-refractivity contribution in [3.05, 3.63) is 0 Å². The number of rotatable bonds is 3. The summed E-state index contributed by atoms with van der Waals surface area (Å²) < 4.78 is 0. The first-order chi connectivity index (χ1) is 7.81. The molecule has 0 bridgehead atoms. The molecule has 0 aliphatic heterocycles. The first-order valence-corrected chi connectivity index (χ1v) is 7.81. The van der Waals surface area contributed by atoms with Gasteiger partial charge in [-0.05, 0) is 36.5 Å². The first kappa shape index (κ1) is 12.5. The summed E-state index contributed by atoms with van der Waals surface area (Å²) in [7, 11) is 0. The second kappa shape index (κ2) is 6.07. The summed E-state index contributed by atoms with van der Waals surface area (Å²) in [4.78, 5) is 0. The van der Waals surface area contributed by atoms with Gasteiger partial charge in [0, 0.05) is 0 Å². The molecule has 3 atom stereocenters. The van der Waals surface area contributed by atoms with Crippen molar-refractivity contribution in [2.45, 2.75) is 78.1 Å². The second-order valence-corrected chi connectivity index (χ2v) is 6.51. The van der Waals surface area contributed by atoms with Crippen molar-refractivity contribution in [2.75, 3.05) is 0 Å². The number of hydrogen-bond acceptors (Lipinski definition) is 0. The molecule has 0 saturated heterocycles. The third-order valence-electron chi connectivity index (χ3n) is 5.30. The summed E-state index contributed by atoms with van der Waals surface area (Å²) in [5.74, 6) is 4.29. The van der Waals surface area contributed by atoms with Gasteiger partial charge in [-0.2, -0.15) is 0 Å². The van der Waals surface area contributed by atoms with E-state index in [1.54, 1.807) is 25.7 Å². The van der Waals surface area contributed by atoms with E-state index in [-0.39, 0.29) is 0 Å². The molecule has 0 radical (unpaired) electrons. The zero-order valence-electron chi connectivity index (χ0n) is 11.4. The highest BCUT2D eigenvalue weighted by molar-refractivity contribution is 4.83. The molecule has 0 heterocycles.